The molecule has 3 N–H and O–H groups in total. The van der Waals surface area contributed by atoms with Crippen molar-refractivity contribution in [1.29, 1.82) is 0 Å². The molecule has 7 nitrogen and oxygen atoms in total. The number of rotatable bonds is 5. The fourth-order valence-corrected chi connectivity index (χ4v) is 2.10. The summed E-state index contributed by atoms with van der Waals surface area (Å²) < 4.78 is 5.25. The maximum absolute atomic E-state index is 12.4. The van der Waals surface area contributed by atoms with Gasteiger partial charge in [0.25, 0.3) is 5.91 Å². The van der Waals surface area contributed by atoms with Crippen molar-refractivity contribution in [3.05, 3.63) is 65.7 Å². The van der Waals surface area contributed by atoms with E-state index >= 15 is 0 Å². The Balaban J connectivity index is 2.23. The first kappa shape index (κ1) is 18.0. The molecular weight excluding hydrogens is 324 g/mol. The summed E-state index contributed by atoms with van der Waals surface area (Å²) in [6, 6.07) is 13.4. The number of urea groups is 1. The fourth-order valence-electron chi connectivity index (χ4n) is 2.10. The Labute approximate surface area is 144 Å². The molecule has 0 bridgehead atoms. The molecular formula is C18H18N2O5. The predicted octanol–water partition coefficient (Wildman–Crippen LogP) is 2.14. The third-order valence-corrected chi connectivity index (χ3v) is 3.26. The quantitative estimate of drug-likeness (QED) is 0.722. The molecule has 0 unspecified atom stereocenters. The lowest BCUT2D eigenvalue weighted by Gasteiger charge is -2.18. The molecule has 7 heteroatoms. The zero-order chi connectivity index (χ0) is 18.2. The van der Waals surface area contributed by atoms with E-state index in [2.05, 4.69) is 10.6 Å². The number of imide groups is 1. The van der Waals surface area contributed by atoms with Crippen LogP contribution in [0, 0.1) is 0 Å². The van der Waals surface area contributed by atoms with Gasteiger partial charge in [0.05, 0.1) is 0 Å². The number of benzene rings is 2. The highest BCUT2D eigenvalue weighted by Crippen LogP contribution is 2.23. The minimum atomic E-state index is -1.34. The van der Waals surface area contributed by atoms with Gasteiger partial charge in [0.1, 0.15) is 11.3 Å². The van der Waals surface area contributed by atoms with E-state index in [0.717, 1.165) is 0 Å². The number of phenolic OH excluding ortho intramolecular Hbond substituents is 1. The number of carbonyl (C=O) groups excluding carboxylic acids is 3. The second kappa shape index (κ2) is 8.49. The molecule has 0 saturated carbocycles. The molecule has 0 fully saturated rings. The maximum Gasteiger partial charge on any atom is 0.343 e. The number of amides is 3. The third-order valence-electron chi connectivity index (χ3n) is 3.26. The van der Waals surface area contributed by atoms with Gasteiger partial charge < -0.3 is 15.2 Å². The Morgan fingerprint density at radius 2 is 1.68 bits per heavy atom. The van der Waals surface area contributed by atoms with Crippen molar-refractivity contribution >= 4 is 17.9 Å². The number of nitrogens with one attached hydrogen (secondary N) is 2. The van der Waals surface area contributed by atoms with Gasteiger partial charge in [0, 0.05) is 12.1 Å². The molecule has 2 aromatic carbocycles. The number of hydrogen-bond donors (Lipinski definition) is 3. The first-order chi connectivity index (χ1) is 12.0. The van der Waals surface area contributed by atoms with Crippen LogP contribution in [-0.4, -0.2) is 29.6 Å². The summed E-state index contributed by atoms with van der Waals surface area (Å²) in [5.41, 5.74) is 0.322. The first-order valence-electron chi connectivity index (χ1n) is 7.65. The van der Waals surface area contributed by atoms with Crippen molar-refractivity contribution in [2.75, 3.05) is 6.54 Å². The summed E-state index contributed by atoms with van der Waals surface area (Å²) in [6.07, 6.45) is -1.34. The van der Waals surface area contributed by atoms with E-state index in [0.29, 0.717) is 12.1 Å². The summed E-state index contributed by atoms with van der Waals surface area (Å²) in [6.45, 7) is 2.05. The molecule has 0 radical (unpaired) electrons. The predicted molar refractivity (Wildman–Crippen MR) is 89.9 cm³/mol. The second-order valence-corrected chi connectivity index (χ2v) is 5.06. The molecule has 1 atom stereocenters. The minimum absolute atomic E-state index is 0.0748. The Morgan fingerprint density at radius 3 is 2.32 bits per heavy atom. The topological polar surface area (TPSA) is 105 Å². The van der Waals surface area contributed by atoms with Gasteiger partial charge in [-0.3, -0.25) is 10.1 Å². The Bertz CT molecular complexity index is 761. The average Bonchev–Trinajstić information content (AvgIpc) is 2.60. The smallest absolute Gasteiger partial charge is 0.343 e. The van der Waals surface area contributed by atoms with Gasteiger partial charge in [-0.15, -0.1) is 0 Å². The molecule has 2 rings (SSSR count). The lowest BCUT2D eigenvalue weighted by molar-refractivity contribution is -0.129. The number of ether oxygens (including phenoxy) is 1. The summed E-state index contributed by atoms with van der Waals surface area (Å²) in [7, 11) is 0. The number of hydrogen-bond acceptors (Lipinski definition) is 5. The van der Waals surface area contributed by atoms with Gasteiger partial charge in [0.15, 0.2) is 0 Å². The van der Waals surface area contributed by atoms with Crippen LogP contribution in [0.3, 0.4) is 0 Å². The number of para-hydroxylation sites is 1. The summed E-state index contributed by atoms with van der Waals surface area (Å²) in [5, 5.41) is 14.3. The average molecular weight is 342 g/mol. The van der Waals surface area contributed by atoms with Crippen LogP contribution >= 0.6 is 0 Å². The Morgan fingerprint density at radius 1 is 1.04 bits per heavy atom. The van der Waals surface area contributed by atoms with Crippen LogP contribution in [0.1, 0.15) is 28.9 Å². The molecule has 0 aliphatic heterocycles. The zero-order valence-corrected chi connectivity index (χ0v) is 13.6. The maximum atomic E-state index is 12.4. The Hall–Kier alpha value is -3.35. The van der Waals surface area contributed by atoms with Gasteiger partial charge in [-0.1, -0.05) is 42.5 Å². The van der Waals surface area contributed by atoms with E-state index in [1.54, 1.807) is 49.4 Å². The van der Waals surface area contributed by atoms with Crippen LogP contribution in [0.4, 0.5) is 4.79 Å². The third kappa shape index (κ3) is 4.81. The molecule has 0 saturated heterocycles. The van der Waals surface area contributed by atoms with Crippen LogP contribution < -0.4 is 10.6 Å². The van der Waals surface area contributed by atoms with E-state index in [4.69, 9.17) is 4.74 Å². The van der Waals surface area contributed by atoms with Gasteiger partial charge >= 0.3 is 12.0 Å². The highest BCUT2D eigenvalue weighted by atomic mass is 16.5. The molecule has 130 valence electrons. The van der Waals surface area contributed by atoms with Crippen LogP contribution in [0.2, 0.25) is 0 Å². The van der Waals surface area contributed by atoms with E-state index in [9.17, 15) is 19.5 Å². The normalized spacial score (nSPS) is 11.2. The molecule has 0 spiro atoms. The van der Waals surface area contributed by atoms with Crippen molar-refractivity contribution < 1.29 is 24.2 Å². The van der Waals surface area contributed by atoms with Crippen LogP contribution in [0.5, 0.6) is 5.75 Å². The van der Waals surface area contributed by atoms with Crippen LogP contribution in [0.25, 0.3) is 0 Å². The van der Waals surface area contributed by atoms with Gasteiger partial charge in [-0.2, -0.15) is 0 Å². The fraction of sp³-hybridized carbons (Fsp3) is 0.167. The molecule has 3 amide bonds. The van der Waals surface area contributed by atoms with Crippen LogP contribution in [0.15, 0.2) is 54.6 Å². The molecule has 0 aliphatic rings. The van der Waals surface area contributed by atoms with Crippen molar-refractivity contribution in [2.45, 2.75) is 13.0 Å². The van der Waals surface area contributed by atoms with Crippen molar-refractivity contribution in [3.63, 3.8) is 0 Å². The standard InChI is InChI=1S/C18H18N2O5/c1-2-19-18(24)20-16(22)15(12-8-4-3-5-9-12)25-17(23)13-10-6-7-11-14(13)21/h3-11,15,21H,2H2,1H3,(H2,19,20,22,24)/t15-/m0/s1. The largest absolute Gasteiger partial charge is 0.507 e. The first-order valence-corrected chi connectivity index (χ1v) is 7.65. The van der Waals surface area contributed by atoms with Gasteiger partial charge in [-0.25, -0.2) is 9.59 Å². The SMILES string of the molecule is CCNC(=O)NC(=O)[C@@H](OC(=O)c1ccccc1O)c1ccccc1. The highest BCUT2D eigenvalue weighted by molar-refractivity contribution is 5.99. The molecule has 0 heterocycles. The number of phenols is 1. The lowest BCUT2D eigenvalue weighted by atomic mass is 10.1. The van der Waals surface area contributed by atoms with Gasteiger partial charge in [-0.05, 0) is 19.1 Å². The summed E-state index contributed by atoms with van der Waals surface area (Å²) >= 11 is 0. The molecule has 0 aromatic heterocycles. The lowest BCUT2D eigenvalue weighted by Crippen LogP contribution is -2.42. The Kier molecular flexibility index (Phi) is 6.11. The van der Waals surface area contributed by atoms with Crippen molar-refractivity contribution in [2.24, 2.45) is 0 Å². The van der Waals surface area contributed by atoms with Crippen molar-refractivity contribution in [1.82, 2.24) is 10.6 Å². The molecule has 0 aliphatic carbocycles. The van der Waals surface area contributed by atoms with E-state index in [1.807, 2.05) is 0 Å². The summed E-state index contributed by atoms with van der Waals surface area (Å²) in [5.74, 6) is -1.93. The number of esters is 1. The zero-order valence-electron chi connectivity index (χ0n) is 13.6. The minimum Gasteiger partial charge on any atom is -0.507 e. The van der Waals surface area contributed by atoms with Crippen LogP contribution in [-0.2, 0) is 9.53 Å². The van der Waals surface area contributed by atoms with Gasteiger partial charge in [0.2, 0.25) is 6.10 Å². The van der Waals surface area contributed by atoms with E-state index in [-0.39, 0.29) is 11.3 Å². The van der Waals surface area contributed by atoms with E-state index in [1.165, 1.54) is 12.1 Å². The van der Waals surface area contributed by atoms with E-state index < -0.39 is 24.0 Å². The number of carbonyl (C=O) groups is 3. The molecule has 2 aromatic rings. The monoisotopic (exact) mass is 342 g/mol. The van der Waals surface area contributed by atoms with Crippen molar-refractivity contribution in [3.8, 4) is 5.75 Å². The summed E-state index contributed by atoms with van der Waals surface area (Å²) in [4.78, 5) is 36.2. The molecule has 25 heavy (non-hydrogen) atoms. The highest BCUT2D eigenvalue weighted by Gasteiger charge is 2.27. The number of aromatic hydroxyl groups is 1. The second-order valence-electron chi connectivity index (χ2n) is 5.06.